The number of hydrogen-bond acceptors (Lipinski definition) is 4. The SMILES string of the molecule is CCCCc1ccc(NC(=S)NNC(=O)/C=C/c2ccc(OC)cc2OC)cc1. The van der Waals surface area contributed by atoms with Gasteiger partial charge in [0, 0.05) is 23.4 Å². The average molecular weight is 414 g/mol. The maximum absolute atomic E-state index is 12.0. The van der Waals surface area contributed by atoms with E-state index in [4.69, 9.17) is 21.7 Å². The molecule has 2 aromatic rings. The van der Waals surface area contributed by atoms with Crippen LogP contribution in [0.15, 0.2) is 48.5 Å². The summed E-state index contributed by atoms with van der Waals surface area (Å²) in [5.74, 6) is 0.947. The van der Waals surface area contributed by atoms with Crippen LogP contribution in [0.1, 0.15) is 30.9 Å². The standard InChI is InChI=1S/C22H27N3O3S/c1-4-5-6-16-7-11-18(12-8-16)23-22(29)25-24-21(26)14-10-17-9-13-19(27-2)15-20(17)28-3/h7-15H,4-6H2,1-3H3,(H,24,26)(H2,23,25,29)/b14-10+. The number of nitrogens with one attached hydrogen (secondary N) is 3. The minimum Gasteiger partial charge on any atom is -0.497 e. The van der Waals surface area contributed by atoms with Gasteiger partial charge in [-0.25, -0.2) is 0 Å². The first-order valence-corrected chi connectivity index (χ1v) is 9.82. The number of anilines is 1. The molecule has 0 aliphatic carbocycles. The van der Waals surface area contributed by atoms with E-state index in [1.54, 1.807) is 32.4 Å². The van der Waals surface area contributed by atoms with Gasteiger partial charge in [-0.05, 0) is 61.0 Å². The topological polar surface area (TPSA) is 71.6 Å². The third-order valence-electron chi connectivity index (χ3n) is 4.18. The number of carbonyl (C=O) groups excluding carboxylic acids is 1. The van der Waals surface area contributed by atoms with Gasteiger partial charge in [-0.15, -0.1) is 0 Å². The number of aryl methyl sites for hydroxylation is 1. The summed E-state index contributed by atoms with van der Waals surface area (Å²) in [6.45, 7) is 2.18. The Hall–Kier alpha value is -3.06. The van der Waals surface area contributed by atoms with E-state index in [0.29, 0.717) is 16.6 Å². The van der Waals surface area contributed by atoms with E-state index >= 15 is 0 Å². The van der Waals surface area contributed by atoms with Crippen molar-refractivity contribution >= 4 is 35.0 Å². The van der Waals surface area contributed by atoms with Crippen molar-refractivity contribution in [2.75, 3.05) is 19.5 Å². The monoisotopic (exact) mass is 413 g/mol. The number of methoxy groups -OCH3 is 2. The first-order valence-electron chi connectivity index (χ1n) is 9.41. The molecule has 7 heteroatoms. The van der Waals surface area contributed by atoms with Crippen molar-refractivity contribution in [1.29, 1.82) is 0 Å². The second kappa shape index (κ2) is 11.7. The van der Waals surface area contributed by atoms with Crippen LogP contribution in [0.5, 0.6) is 11.5 Å². The first kappa shape index (κ1) is 22.2. The number of rotatable bonds is 8. The van der Waals surface area contributed by atoms with Gasteiger partial charge in [0.2, 0.25) is 0 Å². The Kier molecular flexibility index (Phi) is 8.98. The van der Waals surface area contributed by atoms with Gasteiger partial charge >= 0.3 is 0 Å². The van der Waals surface area contributed by atoms with Crippen molar-refractivity contribution in [3.8, 4) is 11.5 Å². The summed E-state index contributed by atoms with van der Waals surface area (Å²) < 4.78 is 10.5. The molecule has 29 heavy (non-hydrogen) atoms. The smallest absolute Gasteiger partial charge is 0.262 e. The van der Waals surface area contributed by atoms with Crippen molar-refractivity contribution in [3.63, 3.8) is 0 Å². The highest BCUT2D eigenvalue weighted by Crippen LogP contribution is 2.25. The summed E-state index contributed by atoms with van der Waals surface area (Å²) in [5.41, 5.74) is 8.12. The maximum Gasteiger partial charge on any atom is 0.262 e. The number of carbonyl (C=O) groups is 1. The lowest BCUT2D eigenvalue weighted by Crippen LogP contribution is -2.43. The lowest BCUT2D eigenvalue weighted by molar-refractivity contribution is -0.116. The zero-order valence-corrected chi connectivity index (χ0v) is 17.8. The molecule has 0 spiro atoms. The molecule has 0 heterocycles. The average Bonchev–Trinajstić information content (AvgIpc) is 2.75. The lowest BCUT2D eigenvalue weighted by atomic mass is 10.1. The summed E-state index contributed by atoms with van der Waals surface area (Å²) in [4.78, 5) is 12.0. The summed E-state index contributed by atoms with van der Waals surface area (Å²) >= 11 is 5.21. The van der Waals surface area contributed by atoms with E-state index in [1.165, 1.54) is 24.5 Å². The largest absolute Gasteiger partial charge is 0.497 e. The van der Waals surface area contributed by atoms with Crippen LogP contribution in [0.4, 0.5) is 5.69 Å². The predicted octanol–water partition coefficient (Wildman–Crippen LogP) is 4.08. The molecule has 2 aromatic carbocycles. The lowest BCUT2D eigenvalue weighted by Gasteiger charge is -2.11. The Morgan fingerprint density at radius 1 is 1.07 bits per heavy atom. The fourth-order valence-corrected chi connectivity index (χ4v) is 2.75. The molecule has 0 aliphatic rings. The van der Waals surface area contributed by atoms with Crippen LogP contribution in [-0.2, 0) is 11.2 Å². The van der Waals surface area contributed by atoms with E-state index in [2.05, 4.69) is 35.2 Å². The molecule has 0 unspecified atom stereocenters. The molecule has 0 radical (unpaired) electrons. The number of thiocarbonyl (C=S) groups is 1. The molecular weight excluding hydrogens is 386 g/mol. The molecule has 154 valence electrons. The highest BCUT2D eigenvalue weighted by Gasteiger charge is 2.04. The first-order chi connectivity index (χ1) is 14.0. The van der Waals surface area contributed by atoms with E-state index < -0.39 is 0 Å². The van der Waals surface area contributed by atoms with Crippen LogP contribution in [-0.4, -0.2) is 25.2 Å². The Balaban J connectivity index is 1.82. The van der Waals surface area contributed by atoms with Crippen molar-refractivity contribution < 1.29 is 14.3 Å². The predicted molar refractivity (Wildman–Crippen MR) is 121 cm³/mol. The van der Waals surface area contributed by atoms with E-state index in [9.17, 15) is 4.79 Å². The van der Waals surface area contributed by atoms with Crippen LogP contribution in [0.2, 0.25) is 0 Å². The summed E-state index contributed by atoms with van der Waals surface area (Å²) in [6.07, 6.45) is 6.46. The van der Waals surface area contributed by atoms with Crippen LogP contribution in [0.25, 0.3) is 6.08 Å². The van der Waals surface area contributed by atoms with Crippen LogP contribution in [0, 0.1) is 0 Å². The number of benzene rings is 2. The molecule has 0 aliphatic heterocycles. The molecule has 2 rings (SSSR count). The molecule has 6 nitrogen and oxygen atoms in total. The van der Waals surface area contributed by atoms with Crippen LogP contribution in [0.3, 0.4) is 0 Å². The third-order valence-corrected chi connectivity index (χ3v) is 4.39. The number of ether oxygens (including phenoxy) is 2. The van der Waals surface area contributed by atoms with E-state index in [0.717, 1.165) is 17.7 Å². The molecule has 0 aromatic heterocycles. The summed E-state index contributed by atoms with van der Waals surface area (Å²) in [5, 5.41) is 3.33. The molecule has 0 bridgehead atoms. The van der Waals surface area contributed by atoms with Gasteiger partial charge in [-0.3, -0.25) is 15.6 Å². The fourth-order valence-electron chi connectivity index (χ4n) is 2.58. The number of hydrazine groups is 1. The Labute approximate surface area is 177 Å². The zero-order valence-electron chi connectivity index (χ0n) is 17.0. The Morgan fingerprint density at radius 3 is 2.48 bits per heavy atom. The van der Waals surface area contributed by atoms with Gasteiger partial charge < -0.3 is 14.8 Å². The second-order valence-electron chi connectivity index (χ2n) is 6.31. The summed E-state index contributed by atoms with van der Waals surface area (Å²) in [7, 11) is 3.15. The van der Waals surface area contributed by atoms with E-state index in [1.807, 2.05) is 18.2 Å². The Morgan fingerprint density at radius 2 is 1.83 bits per heavy atom. The molecule has 1 amide bonds. The van der Waals surface area contributed by atoms with Crippen molar-refractivity contribution in [2.24, 2.45) is 0 Å². The van der Waals surface area contributed by atoms with Gasteiger partial charge in [-0.1, -0.05) is 25.5 Å². The highest BCUT2D eigenvalue weighted by atomic mass is 32.1. The van der Waals surface area contributed by atoms with Gasteiger partial charge in [0.15, 0.2) is 5.11 Å². The highest BCUT2D eigenvalue weighted by molar-refractivity contribution is 7.80. The number of unbranched alkanes of at least 4 members (excludes halogenated alkanes) is 1. The normalized spacial score (nSPS) is 10.4. The van der Waals surface area contributed by atoms with Crippen LogP contribution >= 0.6 is 12.2 Å². The molecule has 0 atom stereocenters. The van der Waals surface area contributed by atoms with Gasteiger partial charge in [0.05, 0.1) is 14.2 Å². The summed E-state index contributed by atoms with van der Waals surface area (Å²) in [6, 6.07) is 13.4. The molecular formula is C22H27N3O3S. The maximum atomic E-state index is 12.0. The van der Waals surface area contributed by atoms with Crippen molar-refractivity contribution in [2.45, 2.75) is 26.2 Å². The Bertz CT molecular complexity index is 851. The zero-order chi connectivity index (χ0) is 21.1. The van der Waals surface area contributed by atoms with Crippen LogP contribution < -0.4 is 25.6 Å². The quantitative estimate of drug-likeness (QED) is 0.344. The van der Waals surface area contributed by atoms with Crippen molar-refractivity contribution in [3.05, 3.63) is 59.7 Å². The molecule has 3 N–H and O–H groups in total. The molecule has 0 saturated carbocycles. The third kappa shape index (κ3) is 7.46. The molecule has 0 fully saturated rings. The molecule has 0 saturated heterocycles. The number of amides is 1. The van der Waals surface area contributed by atoms with E-state index in [-0.39, 0.29) is 5.91 Å². The number of hydrogen-bond donors (Lipinski definition) is 3. The minimum atomic E-state index is -0.345. The van der Waals surface area contributed by atoms with Gasteiger partial charge in [0.1, 0.15) is 11.5 Å². The van der Waals surface area contributed by atoms with Crippen molar-refractivity contribution in [1.82, 2.24) is 10.9 Å². The minimum absolute atomic E-state index is 0.301. The second-order valence-corrected chi connectivity index (χ2v) is 6.72. The van der Waals surface area contributed by atoms with Gasteiger partial charge in [-0.2, -0.15) is 0 Å². The van der Waals surface area contributed by atoms with Gasteiger partial charge in [0.25, 0.3) is 5.91 Å². The fraction of sp³-hybridized carbons (Fsp3) is 0.273.